The SMILES string of the molecule is CSc1[nH]c2ccc(Cl)cc2c1-c1ccc(C)cc1. The summed E-state index contributed by atoms with van der Waals surface area (Å²) in [5, 5.41) is 3.13. The lowest BCUT2D eigenvalue weighted by Gasteiger charge is -2.04. The van der Waals surface area contributed by atoms with Crippen molar-refractivity contribution in [3.8, 4) is 11.1 Å². The molecule has 19 heavy (non-hydrogen) atoms. The standard InChI is InChI=1S/C16H14ClNS/c1-10-3-5-11(6-4-10)15-13-9-12(17)7-8-14(13)18-16(15)19-2/h3-9,18H,1-2H3. The van der Waals surface area contributed by atoms with Crippen LogP contribution in [-0.2, 0) is 0 Å². The molecule has 0 saturated carbocycles. The normalized spacial score (nSPS) is 11.1. The van der Waals surface area contributed by atoms with Gasteiger partial charge in [0.15, 0.2) is 0 Å². The van der Waals surface area contributed by atoms with Crippen molar-refractivity contribution < 1.29 is 0 Å². The second-order valence-electron chi connectivity index (χ2n) is 4.59. The van der Waals surface area contributed by atoms with Crippen molar-refractivity contribution in [1.82, 2.24) is 4.98 Å². The van der Waals surface area contributed by atoms with Crippen LogP contribution in [0.15, 0.2) is 47.5 Å². The first-order valence-electron chi connectivity index (χ1n) is 6.11. The van der Waals surface area contributed by atoms with Gasteiger partial charge in [0.1, 0.15) is 0 Å². The maximum absolute atomic E-state index is 6.14. The smallest absolute Gasteiger partial charge is 0.0809 e. The van der Waals surface area contributed by atoms with Crippen LogP contribution in [0.2, 0.25) is 5.02 Å². The summed E-state index contributed by atoms with van der Waals surface area (Å²) in [6, 6.07) is 14.6. The van der Waals surface area contributed by atoms with E-state index in [1.54, 1.807) is 11.8 Å². The summed E-state index contributed by atoms with van der Waals surface area (Å²) in [5.41, 5.74) is 4.87. The zero-order valence-corrected chi connectivity index (χ0v) is 12.4. The molecule has 1 heterocycles. The minimum Gasteiger partial charge on any atom is -0.349 e. The van der Waals surface area contributed by atoms with E-state index in [4.69, 9.17) is 11.6 Å². The molecule has 1 N–H and O–H groups in total. The zero-order chi connectivity index (χ0) is 13.4. The van der Waals surface area contributed by atoms with Gasteiger partial charge in [0.05, 0.1) is 5.03 Å². The molecule has 3 aromatic rings. The van der Waals surface area contributed by atoms with E-state index in [2.05, 4.69) is 42.4 Å². The fourth-order valence-electron chi connectivity index (χ4n) is 2.30. The summed E-state index contributed by atoms with van der Waals surface area (Å²) in [4.78, 5) is 3.46. The molecule has 96 valence electrons. The molecule has 0 radical (unpaired) electrons. The highest BCUT2D eigenvalue weighted by atomic mass is 35.5. The fourth-order valence-corrected chi connectivity index (χ4v) is 3.12. The van der Waals surface area contributed by atoms with Gasteiger partial charge < -0.3 is 4.98 Å². The van der Waals surface area contributed by atoms with Crippen molar-refractivity contribution >= 4 is 34.3 Å². The Labute approximate surface area is 122 Å². The lowest BCUT2D eigenvalue weighted by molar-refractivity contribution is 1.24. The van der Waals surface area contributed by atoms with Gasteiger partial charge in [-0.3, -0.25) is 0 Å². The highest BCUT2D eigenvalue weighted by Gasteiger charge is 2.13. The third kappa shape index (κ3) is 2.26. The monoisotopic (exact) mass is 287 g/mol. The molecule has 0 spiro atoms. The van der Waals surface area contributed by atoms with Gasteiger partial charge >= 0.3 is 0 Å². The van der Waals surface area contributed by atoms with Crippen LogP contribution in [0.1, 0.15) is 5.56 Å². The molecule has 0 unspecified atom stereocenters. The zero-order valence-electron chi connectivity index (χ0n) is 10.8. The molecule has 1 nitrogen and oxygen atoms in total. The molecular formula is C16H14ClNS. The Kier molecular flexibility index (Phi) is 3.29. The van der Waals surface area contributed by atoms with Crippen molar-refractivity contribution in [2.75, 3.05) is 6.26 Å². The molecule has 0 aliphatic rings. The minimum absolute atomic E-state index is 0.771. The lowest BCUT2D eigenvalue weighted by Crippen LogP contribution is -1.79. The van der Waals surface area contributed by atoms with Crippen LogP contribution in [0.4, 0.5) is 0 Å². The number of rotatable bonds is 2. The first-order valence-corrected chi connectivity index (χ1v) is 7.71. The van der Waals surface area contributed by atoms with Crippen molar-refractivity contribution in [3.63, 3.8) is 0 Å². The third-order valence-corrected chi connectivity index (χ3v) is 4.22. The van der Waals surface area contributed by atoms with Crippen molar-refractivity contribution in [2.45, 2.75) is 11.9 Å². The number of benzene rings is 2. The number of fused-ring (bicyclic) bond motifs is 1. The highest BCUT2D eigenvalue weighted by Crippen LogP contribution is 2.38. The summed E-state index contributed by atoms with van der Waals surface area (Å²) in [6.45, 7) is 2.10. The second kappa shape index (κ2) is 4.95. The highest BCUT2D eigenvalue weighted by molar-refractivity contribution is 7.98. The van der Waals surface area contributed by atoms with Gasteiger partial charge in [-0.05, 0) is 36.9 Å². The summed E-state index contributed by atoms with van der Waals surface area (Å²) in [6.07, 6.45) is 2.09. The summed E-state index contributed by atoms with van der Waals surface area (Å²) in [7, 11) is 0. The molecule has 0 atom stereocenters. The van der Waals surface area contributed by atoms with Gasteiger partial charge in [-0.2, -0.15) is 0 Å². The van der Waals surface area contributed by atoms with Crippen LogP contribution in [0.3, 0.4) is 0 Å². The molecule has 3 rings (SSSR count). The van der Waals surface area contributed by atoms with Gasteiger partial charge in [0.2, 0.25) is 0 Å². The number of halogens is 1. The number of hydrogen-bond donors (Lipinski definition) is 1. The first-order chi connectivity index (χ1) is 9.19. The predicted octanol–water partition coefficient (Wildman–Crippen LogP) is 5.52. The van der Waals surface area contributed by atoms with E-state index in [1.165, 1.54) is 27.1 Å². The Morgan fingerprint density at radius 3 is 2.47 bits per heavy atom. The maximum atomic E-state index is 6.14. The average Bonchev–Trinajstić information content (AvgIpc) is 2.77. The third-order valence-electron chi connectivity index (χ3n) is 3.27. The molecule has 0 saturated heterocycles. The van der Waals surface area contributed by atoms with Crippen LogP contribution in [0.25, 0.3) is 22.0 Å². The molecular weight excluding hydrogens is 274 g/mol. The second-order valence-corrected chi connectivity index (χ2v) is 5.84. The average molecular weight is 288 g/mol. The minimum atomic E-state index is 0.771. The number of hydrogen-bond acceptors (Lipinski definition) is 1. The number of thioether (sulfide) groups is 1. The molecule has 0 amide bonds. The molecule has 1 aromatic heterocycles. The number of aryl methyl sites for hydroxylation is 1. The van der Waals surface area contributed by atoms with E-state index in [9.17, 15) is 0 Å². The Hall–Kier alpha value is -1.38. The summed E-state index contributed by atoms with van der Waals surface area (Å²) < 4.78 is 0. The largest absolute Gasteiger partial charge is 0.349 e. The Morgan fingerprint density at radius 1 is 1.05 bits per heavy atom. The lowest BCUT2D eigenvalue weighted by atomic mass is 10.0. The van der Waals surface area contributed by atoms with Gasteiger partial charge in [-0.25, -0.2) is 0 Å². The van der Waals surface area contributed by atoms with Crippen molar-refractivity contribution in [2.24, 2.45) is 0 Å². The van der Waals surface area contributed by atoms with Crippen LogP contribution in [0.5, 0.6) is 0 Å². The van der Waals surface area contributed by atoms with Gasteiger partial charge in [0, 0.05) is 21.5 Å². The van der Waals surface area contributed by atoms with Crippen LogP contribution < -0.4 is 0 Å². The number of H-pyrrole nitrogens is 1. The van der Waals surface area contributed by atoms with Crippen LogP contribution in [0, 0.1) is 6.92 Å². The van der Waals surface area contributed by atoms with Crippen LogP contribution in [-0.4, -0.2) is 11.2 Å². The fraction of sp³-hybridized carbons (Fsp3) is 0.125. The number of nitrogens with one attached hydrogen (secondary N) is 1. The molecule has 0 bridgehead atoms. The van der Waals surface area contributed by atoms with E-state index < -0.39 is 0 Å². The molecule has 0 aliphatic heterocycles. The Balaban J connectivity index is 2.31. The molecule has 3 heteroatoms. The predicted molar refractivity (Wildman–Crippen MR) is 85.3 cm³/mol. The summed E-state index contributed by atoms with van der Waals surface area (Å²) >= 11 is 7.86. The van der Waals surface area contributed by atoms with Crippen molar-refractivity contribution in [1.29, 1.82) is 0 Å². The molecule has 0 aliphatic carbocycles. The van der Waals surface area contributed by atoms with Gasteiger partial charge in [-0.15, -0.1) is 11.8 Å². The van der Waals surface area contributed by atoms with Crippen molar-refractivity contribution in [3.05, 3.63) is 53.1 Å². The van der Waals surface area contributed by atoms with E-state index >= 15 is 0 Å². The van der Waals surface area contributed by atoms with Crippen LogP contribution >= 0.6 is 23.4 Å². The summed E-state index contributed by atoms with van der Waals surface area (Å²) in [5.74, 6) is 0. The molecule has 2 aromatic carbocycles. The van der Waals surface area contributed by atoms with E-state index in [1.807, 2.05) is 18.2 Å². The maximum Gasteiger partial charge on any atom is 0.0809 e. The topological polar surface area (TPSA) is 15.8 Å². The quantitative estimate of drug-likeness (QED) is 0.614. The molecule has 0 fully saturated rings. The number of aromatic nitrogens is 1. The van der Waals surface area contributed by atoms with Gasteiger partial charge in [-0.1, -0.05) is 41.4 Å². The van der Waals surface area contributed by atoms with E-state index in [0.717, 1.165) is 10.5 Å². The Morgan fingerprint density at radius 2 is 1.79 bits per heavy atom. The van der Waals surface area contributed by atoms with E-state index in [0.29, 0.717) is 0 Å². The number of aromatic amines is 1. The van der Waals surface area contributed by atoms with E-state index in [-0.39, 0.29) is 0 Å². The first kappa shape index (κ1) is 12.6. The van der Waals surface area contributed by atoms with Gasteiger partial charge in [0.25, 0.3) is 0 Å². The Bertz CT molecular complexity index is 728.